The van der Waals surface area contributed by atoms with Gasteiger partial charge in [0, 0.05) is 71.6 Å². The van der Waals surface area contributed by atoms with E-state index in [-0.39, 0.29) is 76.1 Å². The van der Waals surface area contributed by atoms with Crippen LogP contribution in [0.25, 0.3) is 0 Å². The summed E-state index contributed by atoms with van der Waals surface area (Å²) in [5.41, 5.74) is 8.41. The molecular weight excluding hydrogens is 1140 g/mol. The highest BCUT2D eigenvalue weighted by molar-refractivity contribution is 7.13. The van der Waals surface area contributed by atoms with Crippen molar-refractivity contribution in [2.45, 2.75) is 155 Å². The Balaban J connectivity index is 0.000000246. The van der Waals surface area contributed by atoms with Gasteiger partial charge in [-0.1, -0.05) is 88.4 Å². The minimum atomic E-state index is -0.951. The zero-order chi connectivity index (χ0) is 63.3. The maximum Gasteiger partial charge on any atom is 0.365 e. The lowest BCUT2D eigenvalue weighted by Crippen LogP contribution is -2.49. The van der Waals surface area contributed by atoms with E-state index in [1.807, 2.05) is 114 Å². The van der Waals surface area contributed by atoms with E-state index in [4.69, 9.17) is 20.3 Å². The van der Waals surface area contributed by atoms with Crippen molar-refractivity contribution in [2.75, 3.05) is 13.2 Å². The minimum Gasteiger partial charge on any atom is -0.476 e. The monoisotopic (exact) mass is 1230 g/mol. The maximum atomic E-state index is 13.9. The van der Waals surface area contributed by atoms with Crippen molar-refractivity contribution in [3.63, 3.8) is 0 Å². The van der Waals surface area contributed by atoms with Crippen LogP contribution in [-0.2, 0) is 63.9 Å². The summed E-state index contributed by atoms with van der Waals surface area (Å²) >= 11 is 2.44. The molecule has 8 atom stereocenters. The van der Waals surface area contributed by atoms with E-state index in [2.05, 4.69) is 35.9 Å². The number of aromatic carboxylic acids is 1. The van der Waals surface area contributed by atoms with E-state index in [0.29, 0.717) is 58.2 Å². The molecule has 0 spiro atoms. The first-order valence-electron chi connectivity index (χ1n) is 29.4. The van der Waals surface area contributed by atoms with Gasteiger partial charge in [-0.3, -0.25) is 43.5 Å². The number of ketones is 4. The van der Waals surface area contributed by atoms with Crippen molar-refractivity contribution in [3.05, 3.63) is 164 Å². The fraction of sp³-hybridized carbons (Fsp3) is 0.455. The summed E-state index contributed by atoms with van der Waals surface area (Å²) < 4.78 is 10.7. The van der Waals surface area contributed by atoms with Gasteiger partial charge in [-0.05, 0) is 137 Å². The molecule has 464 valence electrons. The lowest BCUT2D eigenvalue weighted by atomic mass is 9.88. The number of carbonyl (C=O) groups excluding carboxylic acids is 7. The first-order chi connectivity index (χ1) is 41.4. The fourth-order valence-electron chi connectivity index (χ4n) is 9.65. The molecule has 2 fully saturated rings. The Morgan fingerprint density at radius 3 is 1.33 bits per heavy atom. The number of benzene rings is 2. The van der Waals surface area contributed by atoms with Gasteiger partial charge in [0.1, 0.15) is 17.0 Å². The molecule has 0 saturated carbocycles. The van der Waals surface area contributed by atoms with Crippen LogP contribution < -0.4 is 21.7 Å². The van der Waals surface area contributed by atoms with Crippen LogP contribution in [0.2, 0.25) is 0 Å². The molecule has 6 heterocycles. The third kappa shape index (κ3) is 22.6. The number of hydrogen-bond donors (Lipinski definition) is 5. The molecule has 6 N–H and O–H groups in total. The predicted molar refractivity (Wildman–Crippen MR) is 333 cm³/mol. The summed E-state index contributed by atoms with van der Waals surface area (Å²) in [6.45, 7) is 15.9. The standard InChI is InChI=1S/C33H40N4O5S.C28H37N3O4.C5H5NO2S/c1-21(2)16-27(29(39)33(4)20-42-33)37-30(40)25(17-24-12-14-34-15-13-24)18-28(38)26(11-10-23-8-6-5-7-9-23)36-31(41)32-35-19-22(3)43-32;1-19(2)15-24(26(33)28(3)18-35-28)31-27(34)22(16-21-11-13-30-14-12-21)17-25(32)23(29)10-9-20-7-5-4-6-8-20;1-3-2-6-4(9-3)5(7)8/h5-9,12-15,19,21,25-27H,10-11,16-18,20H2,1-4H3,(H,36,41)(H,37,40);4-8,11-14,19,22-24H,9-10,15-18,29H2,1-3H3,(H,31,34);2H,1H3,(H,7,8)/t25-,26+,27+,33-;22-,23+,24+,28-;/m11./s1. The van der Waals surface area contributed by atoms with Gasteiger partial charge in [0.15, 0.2) is 22.4 Å². The predicted octanol–water partition coefficient (Wildman–Crippen LogP) is 8.48. The van der Waals surface area contributed by atoms with Crippen molar-refractivity contribution in [2.24, 2.45) is 29.4 Å². The normalized spacial score (nSPS) is 17.7. The number of aromatic nitrogens is 4. The van der Waals surface area contributed by atoms with E-state index in [9.17, 15) is 38.4 Å². The lowest BCUT2D eigenvalue weighted by Gasteiger charge is -2.25. The smallest absolute Gasteiger partial charge is 0.365 e. The van der Waals surface area contributed by atoms with E-state index in [1.165, 1.54) is 22.7 Å². The molecule has 0 aliphatic carbocycles. The first kappa shape index (κ1) is 68.6. The molecule has 8 rings (SSSR count). The van der Waals surface area contributed by atoms with Crippen LogP contribution in [0.5, 0.6) is 0 Å². The summed E-state index contributed by atoms with van der Waals surface area (Å²) in [4.78, 5) is 121. The Bertz CT molecular complexity index is 3220. The molecule has 21 heteroatoms. The molecule has 87 heavy (non-hydrogen) atoms. The largest absolute Gasteiger partial charge is 0.476 e. The van der Waals surface area contributed by atoms with Crippen LogP contribution in [0.4, 0.5) is 0 Å². The van der Waals surface area contributed by atoms with Gasteiger partial charge in [0.2, 0.25) is 16.8 Å². The van der Waals surface area contributed by atoms with Gasteiger partial charge in [-0.25, -0.2) is 14.8 Å². The average molecular weight is 1230 g/mol. The summed E-state index contributed by atoms with van der Waals surface area (Å²) in [6, 6.07) is 24.0. The molecule has 2 aliphatic heterocycles. The number of carboxylic acid groups (broad SMARTS) is 1. The van der Waals surface area contributed by atoms with Crippen LogP contribution in [-0.4, -0.2) is 120 Å². The molecule has 19 nitrogen and oxygen atoms in total. The molecule has 2 aliphatic rings. The number of pyridine rings is 2. The average Bonchev–Trinajstić information content (AvgIpc) is 1.89. The quantitative estimate of drug-likeness (QED) is 0.0255. The zero-order valence-electron chi connectivity index (χ0n) is 50.9. The van der Waals surface area contributed by atoms with Crippen molar-refractivity contribution < 1.29 is 52.9 Å². The number of Topliss-reactive ketones (excluding diaryl/α,β-unsaturated/α-hetero) is 4. The second-order valence-corrected chi connectivity index (χ2v) is 26.0. The van der Waals surface area contributed by atoms with Gasteiger partial charge in [0.25, 0.3) is 5.91 Å². The van der Waals surface area contributed by atoms with Crippen molar-refractivity contribution >= 4 is 69.5 Å². The van der Waals surface area contributed by atoms with E-state index in [0.717, 1.165) is 32.0 Å². The molecule has 2 saturated heterocycles. The topological polar surface area (TPSA) is 296 Å². The van der Waals surface area contributed by atoms with Crippen LogP contribution >= 0.6 is 22.7 Å². The second kappa shape index (κ2) is 33.0. The third-order valence-corrected chi connectivity index (χ3v) is 16.7. The van der Waals surface area contributed by atoms with Crippen LogP contribution in [0.1, 0.15) is 132 Å². The Morgan fingerprint density at radius 2 is 0.966 bits per heavy atom. The van der Waals surface area contributed by atoms with Crippen molar-refractivity contribution in [1.82, 2.24) is 35.9 Å². The van der Waals surface area contributed by atoms with Gasteiger partial charge in [-0.2, -0.15) is 0 Å². The highest BCUT2D eigenvalue weighted by atomic mass is 32.1. The van der Waals surface area contributed by atoms with Crippen molar-refractivity contribution in [3.8, 4) is 0 Å². The SMILES string of the molecule is CC(C)C[C@H](NC(=O)[C@@H](CC(=O)[C@@H](N)CCc1ccccc1)Cc1ccncc1)C(=O)[C@@]1(C)CO1.Cc1cnc(C(=O)N[C@@H](CCc2ccccc2)C(=O)C[C@@H](Cc2ccncc2)C(=O)N[C@@H](CC(C)C)C(=O)[C@@]2(C)CO2)s1.Cc1cnc(C(=O)O)s1. The Labute approximate surface area is 517 Å². The second-order valence-electron chi connectivity index (χ2n) is 23.5. The molecule has 4 aromatic heterocycles. The number of amides is 3. The molecule has 2 aromatic carbocycles. The summed E-state index contributed by atoms with van der Waals surface area (Å²) in [5, 5.41) is 17.6. The Kier molecular flexibility index (Phi) is 26.0. The van der Waals surface area contributed by atoms with Gasteiger partial charge < -0.3 is 36.3 Å². The van der Waals surface area contributed by atoms with Crippen LogP contribution in [0.15, 0.2) is 122 Å². The number of carbonyl (C=O) groups is 8. The molecular formula is C66H82N8O11S2. The number of aryl methyl sites for hydroxylation is 4. The van der Waals surface area contributed by atoms with E-state index < -0.39 is 59.1 Å². The molecule has 0 radical (unpaired) electrons. The number of nitrogens with two attached hydrogens (primary N) is 1. The molecule has 3 amide bonds. The number of nitrogens with zero attached hydrogens (tertiary/aromatic N) is 4. The van der Waals surface area contributed by atoms with Crippen molar-refractivity contribution in [1.29, 1.82) is 0 Å². The minimum absolute atomic E-state index is 0.0144. The molecule has 0 unspecified atom stereocenters. The lowest BCUT2D eigenvalue weighted by molar-refractivity contribution is -0.134. The summed E-state index contributed by atoms with van der Waals surface area (Å²) in [5.74, 6) is -3.77. The number of epoxide rings is 2. The highest BCUT2D eigenvalue weighted by Crippen LogP contribution is 2.32. The molecule has 6 aromatic rings. The van der Waals surface area contributed by atoms with Gasteiger partial charge >= 0.3 is 5.97 Å². The number of carboxylic acids is 1. The Morgan fingerprint density at radius 1 is 0.563 bits per heavy atom. The zero-order valence-corrected chi connectivity index (χ0v) is 52.5. The summed E-state index contributed by atoms with van der Waals surface area (Å²) in [7, 11) is 0. The fourth-order valence-corrected chi connectivity index (χ4v) is 10.9. The number of ether oxygens (including phenoxy) is 2. The number of thiazole rings is 2. The van der Waals surface area contributed by atoms with E-state index in [1.54, 1.807) is 63.2 Å². The number of rotatable bonds is 31. The van der Waals surface area contributed by atoms with Crippen LogP contribution in [0.3, 0.4) is 0 Å². The Hall–Kier alpha value is -7.56. The number of hydrogen-bond acceptors (Lipinski definition) is 17. The van der Waals surface area contributed by atoms with Gasteiger partial charge in [0.05, 0.1) is 37.4 Å². The highest BCUT2D eigenvalue weighted by Gasteiger charge is 2.51. The first-order valence-corrected chi connectivity index (χ1v) is 31.1. The van der Waals surface area contributed by atoms with E-state index >= 15 is 0 Å². The summed E-state index contributed by atoms with van der Waals surface area (Å²) in [6.07, 6.45) is 13.4. The third-order valence-electron chi connectivity index (χ3n) is 14.9. The number of nitrogens with one attached hydrogen (secondary N) is 3. The van der Waals surface area contributed by atoms with Crippen LogP contribution in [0, 0.1) is 37.5 Å². The van der Waals surface area contributed by atoms with Gasteiger partial charge in [-0.15, -0.1) is 22.7 Å². The maximum absolute atomic E-state index is 13.9. The molecule has 0 bridgehead atoms.